The lowest BCUT2D eigenvalue weighted by atomic mass is 9.87. The van der Waals surface area contributed by atoms with Crippen LogP contribution in [0.5, 0.6) is 0 Å². The second-order valence-electron chi connectivity index (χ2n) is 5.11. The van der Waals surface area contributed by atoms with Crippen molar-refractivity contribution < 1.29 is 30.0 Å². The number of hydrogen-bond acceptors (Lipinski definition) is 6. The molecular formula is C13H25NO6. The van der Waals surface area contributed by atoms with E-state index in [1.54, 1.807) is 0 Å². The van der Waals surface area contributed by atoms with Gasteiger partial charge in [-0.15, -0.1) is 0 Å². The largest absolute Gasteiger partial charge is 0.396 e. The zero-order valence-corrected chi connectivity index (χ0v) is 11.7. The van der Waals surface area contributed by atoms with Gasteiger partial charge in [-0.3, -0.25) is 4.79 Å². The summed E-state index contributed by atoms with van der Waals surface area (Å²) in [6.45, 7) is 2.25. The number of nitrogens with one attached hydrogen (secondary N) is 1. The van der Waals surface area contributed by atoms with Crippen LogP contribution in [0.2, 0.25) is 0 Å². The number of hydrogen-bond donors (Lipinski definition) is 5. The number of aliphatic hydroxyl groups excluding tert-OH is 4. The highest BCUT2D eigenvalue weighted by Gasteiger charge is 2.43. The van der Waals surface area contributed by atoms with Crippen LogP contribution in [-0.4, -0.2) is 70.5 Å². The zero-order chi connectivity index (χ0) is 15.1. The number of aliphatic hydroxyl groups is 4. The molecule has 5 atom stereocenters. The first kappa shape index (κ1) is 17.3. The lowest BCUT2D eigenvalue weighted by Crippen LogP contribution is -2.57. The Hall–Kier alpha value is -0.730. The van der Waals surface area contributed by atoms with Crippen molar-refractivity contribution in [1.29, 1.82) is 0 Å². The summed E-state index contributed by atoms with van der Waals surface area (Å²) in [5.41, 5.74) is 0. The minimum Gasteiger partial charge on any atom is -0.396 e. The van der Waals surface area contributed by atoms with E-state index in [4.69, 9.17) is 9.84 Å². The van der Waals surface area contributed by atoms with E-state index in [0.717, 1.165) is 6.42 Å². The molecule has 1 fully saturated rings. The highest BCUT2D eigenvalue weighted by molar-refractivity contribution is 5.79. The molecule has 0 aromatic carbocycles. The maximum Gasteiger partial charge on any atom is 0.225 e. The van der Waals surface area contributed by atoms with Crippen LogP contribution in [0.25, 0.3) is 0 Å². The van der Waals surface area contributed by atoms with Crippen molar-refractivity contribution in [2.45, 2.75) is 50.6 Å². The second kappa shape index (κ2) is 8.53. The molecular weight excluding hydrogens is 266 g/mol. The van der Waals surface area contributed by atoms with Gasteiger partial charge in [0.15, 0.2) is 0 Å². The van der Waals surface area contributed by atoms with Gasteiger partial charge in [-0.25, -0.2) is 0 Å². The van der Waals surface area contributed by atoms with Crippen LogP contribution in [0.1, 0.15) is 26.2 Å². The standard InChI is InChI=1S/C13H25NO6/c1-2-5-14-13(19)8(4-3-6-15)12-11(18)10(17)9(16)7-20-12/h8-12,15-18H,2-7H2,1H3,(H,14,19)/t8?,9-,10+,11-,12?/m1/s1. The summed E-state index contributed by atoms with van der Waals surface area (Å²) in [6.07, 6.45) is -3.16. The van der Waals surface area contributed by atoms with Gasteiger partial charge in [-0.05, 0) is 19.3 Å². The van der Waals surface area contributed by atoms with Crippen LogP contribution in [-0.2, 0) is 9.53 Å². The lowest BCUT2D eigenvalue weighted by molar-refractivity contribution is -0.202. The van der Waals surface area contributed by atoms with E-state index in [2.05, 4.69) is 5.32 Å². The Bertz CT molecular complexity index is 301. The van der Waals surface area contributed by atoms with Crippen LogP contribution in [0.15, 0.2) is 0 Å². The van der Waals surface area contributed by atoms with E-state index in [1.165, 1.54) is 0 Å². The number of carbonyl (C=O) groups excluding carboxylic acids is 1. The fourth-order valence-corrected chi connectivity index (χ4v) is 2.32. The van der Waals surface area contributed by atoms with Crippen LogP contribution in [0.4, 0.5) is 0 Å². The van der Waals surface area contributed by atoms with E-state index in [-0.39, 0.29) is 19.1 Å². The van der Waals surface area contributed by atoms with E-state index in [0.29, 0.717) is 19.4 Å². The molecule has 1 saturated heterocycles. The van der Waals surface area contributed by atoms with Crippen LogP contribution < -0.4 is 5.32 Å². The van der Waals surface area contributed by atoms with E-state index < -0.39 is 30.3 Å². The molecule has 118 valence electrons. The summed E-state index contributed by atoms with van der Waals surface area (Å²) in [4.78, 5) is 12.1. The highest BCUT2D eigenvalue weighted by Crippen LogP contribution is 2.25. The maximum atomic E-state index is 12.1. The predicted octanol–water partition coefficient (Wildman–Crippen LogP) is -1.62. The minimum absolute atomic E-state index is 0.0639. The van der Waals surface area contributed by atoms with Crippen LogP contribution >= 0.6 is 0 Å². The van der Waals surface area contributed by atoms with Crippen molar-refractivity contribution in [3.8, 4) is 0 Å². The molecule has 1 rings (SSSR count). The molecule has 0 aliphatic carbocycles. The Balaban J connectivity index is 2.73. The van der Waals surface area contributed by atoms with Crippen molar-refractivity contribution in [2.75, 3.05) is 19.8 Å². The van der Waals surface area contributed by atoms with Crippen LogP contribution in [0, 0.1) is 5.92 Å². The molecule has 2 unspecified atom stereocenters. The Kier molecular flexibility index (Phi) is 7.39. The number of carbonyl (C=O) groups is 1. The van der Waals surface area contributed by atoms with Gasteiger partial charge in [-0.2, -0.15) is 0 Å². The monoisotopic (exact) mass is 291 g/mol. The molecule has 1 aliphatic heterocycles. The molecule has 5 N–H and O–H groups in total. The summed E-state index contributed by atoms with van der Waals surface area (Å²) < 4.78 is 5.33. The molecule has 1 aliphatic rings. The summed E-state index contributed by atoms with van der Waals surface area (Å²) in [6, 6.07) is 0. The first-order chi connectivity index (χ1) is 9.52. The van der Waals surface area contributed by atoms with Gasteiger partial charge in [-0.1, -0.05) is 6.92 Å². The third-order valence-corrected chi connectivity index (χ3v) is 3.50. The third-order valence-electron chi connectivity index (χ3n) is 3.50. The van der Waals surface area contributed by atoms with E-state index in [1.807, 2.05) is 6.92 Å². The Morgan fingerprint density at radius 1 is 1.35 bits per heavy atom. The van der Waals surface area contributed by atoms with E-state index in [9.17, 15) is 20.1 Å². The van der Waals surface area contributed by atoms with Crippen molar-refractivity contribution in [2.24, 2.45) is 5.92 Å². The molecule has 7 nitrogen and oxygen atoms in total. The van der Waals surface area contributed by atoms with Crippen molar-refractivity contribution in [3.63, 3.8) is 0 Å². The van der Waals surface area contributed by atoms with Crippen molar-refractivity contribution in [1.82, 2.24) is 5.32 Å². The lowest BCUT2D eigenvalue weighted by Gasteiger charge is -2.38. The average Bonchev–Trinajstić information content (AvgIpc) is 2.44. The van der Waals surface area contributed by atoms with Gasteiger partial charge in [0.05, 0.1) is 18.6 Å². The molecule has 1 heterocycles. The molecule has 20 heavy (non-hydrogen) atoms. The molecule has 1 amide bonds. The molecule has 7 heteroatoms. The first-order valence-electron chi connectivity index (χ1n) is 7.07. The molecule has 0 saturated carbocycles. The predicted molar refractivity (Wildman–Crippen MR) is 70.9 cm³/mol. The Morgan fingerprint density at radius 2 is 2.05 bits per heavy atom. The SMILES string of the molecule is CCCNC(=O)C(CCCO)C1OC[C@@H](O)[C@H](O)[C@H]1O. The van der Waals surface area contributed by atoms with E-state index >= 15 is 0 Å². The Morgan fingerprint density at radius 3 is 2.65 bits per heavy atom. The quantitative estimate of drug-likeness (QED) is 0.385. The zero-order valence-electron chi connectivity index (χ0n) is 11.7. The fourth-order valence-electron chi connectivity index (χ4n) is 2.32. The second-order valence-corrected chi connectivity index (χ2v) is 5.11. The molecule has 0 bridgehead atoms. The molecule has 0 aromatic rings. The van der Waals surface area contributed by atoms with Crippen molar-refractivity contribution >= 4 is 5.91 Å². The van der Waals surface area contributed by atoms with Gasteiger partial charge in [0.2, 0.25) is 5.91 Å². The third kappa shape index (κ3) is 4.39. The summed E-state index contributed by atoms with van der Waals surface area (Å²) in [7, 11) is 0. The van der Waals surface area contributed by atoms with Crippen molar-refractivity contribution in [3.05, 3.63) is 0 Å². The van der Waals surface area contributed by atoms with Gasteiger partial charge in [0.25, 0.3) is 0 Å². The molecule has 0 radical (unpaired) electrons. The number of ether oxygens (including phenoxy) is 1. The molecule has 0 aromatic heterocycles. The summed E-state index contributed by atoms with van der Waals surface area (Å²) in [5, 5.41) is 40.7. The van der Waals surface area contributed by atoms with Gasteiger partial charge < -0.3 is 30.5 Å². The van der Waals surface area contributed by atoms with Gasteiger partial charge in [0.1, 0.15) is 18.3 Å². The minimum atomic E-state index is -1.33. The van der Waals surface area contributed by atoms with Gasteiger partial charge in [0, 0.05) is 13.2 Å². The number of amides is 1. The maximum absolute atomic E-state index is 12.1. The topological polar surface area (TPSA) is 119 Å². The number of rotatable bonds is 7. The summed E-state index contributed by atoms with van der Waals surface area (Å²) >= 11 is 0. The summed E-state index contributed by atoms with van der Waals surface area (Å²) in [5.74, 6) is -0.932. The average molecular weight is 291 g/mol. The normalized spacial score (nSPS) is 31.9. The molecule has 0 spiro atoms. The Labute approximate surface area is 118 Å². The first-order valence-corrected chi connectivity index (χ1v) is 7.07. The van der Waals surface area contributed by atoms with Crippen LogP contribution in [0.3, 0.4) is 0 Å². The highest BCUT2D eigenvalue weighted by atomic mass is 16.5. The van der Waals surface area contributed by atoms with Gasteiger partial charge >= 0.3 is 0 Å². The smallest absolute Gasteiger partial charge is 0.225 e. The fraction of sp³-hybridized carbons (Fsp3) is 0.923.